The van der Waals surface area contributed by atoms with E-state index in [0.29, 0.717) is 19.7 Å². The standard InChI is InChI=1S/C16H30N4O4/c1-11-7-20(8-12(2)24-11)16(3,4)10-18-15(22)19-5-6-23-13(9-19)14(17)21/h11-13H,5-10H2,1-4H3,(H2,17,21)(H,18,22). The Bertz CT molecular complexity index is 461. The lowest BCUT2D eigenvalue weighted by molar-refractivity contribution is -0.133. The fourth-order valence-electron chi connectivity index (χ4n) is 3.19. The summed E-state index contributed by atoms with van der Waals surface area (Å²) in [5.74, 6) is -0.538. The van der Waals surface area contributed by atoms with Crippen molar-refractivity contribution in [1.82, 2.24) is 15.1 Å². The van der Waals surface area contributed by atoms with Crippen LogP contribution in [0.2, 0.25) is 0 Å². The minimum Gasteiger partial charge on any atom is -0.373 e. The van der Waals surface area contributed by atoms with Crippen LogP contribution in [0, 0.1) is 0 Å². The van der Waals surface area contributed by atoms with Crippen molar-refractivity contribution in [3.8, 4) is 0 Å². The Hall–Kier alpha value is -1.38. The van der Waals surface area contributed by atoms with Crippen LogP contribution < -0.4 is 11.1 Å². The van der Waals surface area contributed by atoms with Gasteiger partial charge in [0.2, 0.25) is 5.91 Å². The maximum Gasteiger partial charge on any atom is 0.317 e. The van der Waals surface area contributed by atoms with Crippen LogP contribution in [0.4, 0.5) is 4.79 Å². The molecule has 2 aliphatic rings. The lowest BCUT2D eigenvalue weighted by atomic mass is 10.00. The minimum atomic E-state index is -0.724. The first-order chi connectivity index (χ1) is 11.2. The first kappa shape index (κ1) is 19.0. The summed E-state index contributed by atoms with van der Waals surface area (Å²) >= 11 is 0. The van der Waals surface area contributed by atoms with Gasteiger partial charge in [-0.1, -0.05) is 0 Å². The number of nitrogens with zero attached hydrogens (tertiary/aromatic N) is 2. The molecule has 3 amide bonds. The lowest BCUT2D eigenvalue weighted by Crippen LogP contribution is -2.60. The number of primary amides is 1. The second-order valence-corrected chi connectivity index (χ2v) is 7.34. The Kier molecular flexibility index (Phi) is 6.06. The van der Waals surface area contributed by atoms with E-state index in [9.17, 15) is 9.59 Å². The van der Waals surface area contributed by atoms with Crippen LogP contribution in [-0.4, -0.2) is 84.9 Å². The molecule has 8 nitrogen and oxygen atoms in total. The Morgan fingerprint density at radius 2 is 1.83 bits per heavy atom. The Labute approximate surface area is 143 Å². The molecule has 0 radical (unpaired) electrons. The van der Waals surface area contributed by atoms with Gasteiger partial charge in [0.15, 0.2) is 6.10 Å². The van der Waals surface area contributed by atoms with Gasteiger partial charge in [0.05, 0.1) is 25.4 Å². The molecule has 2 rings (SSSR count). The third-order valence-corrected chi connectivity index (χ3v) is 4.62. The van der Waals surface area contributed by atoms with Crippen molar-refractivity contribution < 1.29 is 19.1 Å². The summed E-state index contributed by atoms with van der Waals surface area (Å²) in [6, 6.07) is -0.188. The average molecular weight is 342 g/mol. The molecule has 2 saturated heterocycles. The van der Waals surface area contributed by atoms with Gasteiger partial charge in [-0.3, -0.25) is 9.69 Å². The molecule has 24 heavy (non-hydrogen) atoms. The highest BCUT2D eigenvalue weighted by Gasteiger charge is 2.34. The third-order valence-electron chi connectivity index (χ3n) is 4.62. The number of rotatable bonds is 4. The van der Waals surface area contributed by atoms with Crippen LogP contribution in [0.1, 0.15) is 27.7 Å². The molecule has 3 N–H and O–H groups in total. The SMILES string of the molecule is CC1CN(C(C)(C)CNC(=O)N2CCOC(C(N)=O)C2)CC(C)O1. The van der Waals surface area contributed by atoms with E-state index in [4.69, 9.17) is 15.2 Å². The van der Waals surface area contributed by atoms with Crippen LogP contribution >= 0.6 is 0 Å². The number of nitrogens with one attached hydrogen (secondary N) is 1. The molecule has 0 aromatic rings. The van der Waals surface area contributed by atoms with Crippen molar-refractivity contribution in [2.75, 3.05) is 39.3 Å². The highest BCUT2D eigenvalue weighted by molar-refractivity contribution is 5.81. The smallest absolute Gasteiger partial charge is 0.317 e. The Morgan fingerprint density at radius 3 is 2.42 bits per heavy atom. The fraction of sp³-hybridized carbons (Fsp3) is 0.875. The topological polar surface area (TPSA) is 97.1 Å². The minimum absolute atomic E-state index is 0.180. The van der Waals surface area contributed by atoms with Gasteiger partial charge in [-0.25, -0.2) is 4.79 Å². The van der Waals surface area contributed by atoms with E-state index in [0.717, 1.165) is 13.1 Å². The first-order valence-corrected chi connectivity index (χ1v) is 8.53. The fourth-order valence-corrected chi connectivity index (χ4v) is 3.19. The monoisotopic (exact) mass is 342 g/mol. The second-order valence-electron chi connectivity index (χ2n) is 7.34. The van der Waals surface area contributed by atoms with Crippen molar-refractivity contribution in [2.45, 2.75) is 51.5 Å². The van der Waals surface area contributed by atoms with Crippen molar-refractivity contribution in [1.29, 1.82) is 0 Å². The number of nitrogens with two attached hydrogens (primary N) is 1. The first-order valence-electron chi connectivity index (χ1n) is 8.53. The molecule has 0 saturated carbocycles. The number of carbonyl (C=O) groups is 2. The number of ether oxygens (including phenoxy) is 2. The zero-order valence-corrected chi connectivity index (χ0v) is 15.1. The van der Waals surface area contributed by atoms with Crippen LogP contribution in [-0.2, 0) is 14.3 Å². The molecule has 138 valence electrons. The molecule has 0 aromatic heterocycles. The molecule has 8 heteroatoms. The van der Waals surface area contributed by atoms with E-state index >= 15 is 0 Å². The maximum atomic E-state index is 12.4. The van der Waals surface area contributed by atoms with Gasteiger partial charge in [0, 0.05) is 31.7 Å². The van der Waals surface area contributed by atoms with E-state index in [1.165, 1.54) is 0 Å². The molecule has 0 aliphatic carbocycles. The van der Waals surface area contributed by atoms with E-state index in [-0.39, 0.29) is 30.3 Å². The Morgan fingerprint density at radius 1 is 1.21 bits per heavy atom. The predicted molar refractivity (Wildman–Crippen MR) is 89.6 cm³/mol. The molecular formula is C16H30N4O4. The van der Waals surface area contributed by atoms with Gasteiger partial charge in [-0.2, -0.15) is 0 Å². The number of carbonyl (C=O) groups excluding carboxylic acids is 2. The molecule has 0 aromatic carbocycles. The normalized spacial score (nSPS) is 29.3. The molecule has 2 heterocycles. The summed E-state index contributed by atoms with van der Waals surface area (Å²) < 4.78 is 11.0. The summed E-state index contributed by atoms with van der Waals surface area (Å²) in [5, 5.41) is 2.98. The Balaban J connectivity index is 1.86. The highest BCUT2D eigenvalue weighted by Crippen LogP contribution is 2.20. The van der Waals surface area contributed by atoms with Crippen LogP contribution in [0.3, 0.4) is 0 Å². The molecular weight excluding hydrogens is 312 g/mol. The van der Waals surface area contributed by atoms with Gasteiger partial charge in [-0.05, 0) is 27.7 Å². The van der Waals surface area contributed by atoms with Gasteiger partial charge >= 0.3 is 6.03 Å². The molecule has 0 bridgehead atoms. The van der Waals surface area contributed by atoms with E-state index in [1.807, 2.05) is 0 Å². The van der Waals surface area contributed by atoms with Crippen LogP contribution in [0.15, 0.2) is 0 Å². The highest BCUT2D eigenvalue weighted by atomic mass is 16.5. The number of amides is 3. The van der Waals surface area contributed by atoms with E-state index in [1.54, 1.807) is 4.90 Å². The van der Waals surface area contributed by atoms with Gasteiger partial charge in [0.1, 0.15) is 0 Å². The van der Waals surface area contributed by atoms with Crippen molar-refractivity contribution in [3.05, 3.63) is 0 Å². The summed E-state index contributed by atoms with van der Waals surface area (Å²) in [6.07, 6.45) is -0.364. The van der Waals surface area contributed by atoms with E-state index in [2.05, 4.69) is 37.9 Å². The third kappa shape index (κ3) is 4.81. The number of morpholine rings is 2. The van der Waals surface area contributed by atoms with Crippen molar-refractivity contribution in [3.63, 3.8) is 0 Å². The van der Waals surface area contributed by atoms with Crippen molar-refractivity contribution in [2.24, 2.45) is 5.73 Å². The van der Waals surface area contributed by atoms with Gasteiger partial charge in [0.25, 0.3) is 0 Å². The molecule has 3 atom stereocenters. The molecule has 2 fully saturated rings. The molecule has 3 unspecified atom stereocenters. The van der Waals surface area contributed by atoms with Gasteiger partial charge < -0.3 is 25.4 Å². The zero-order valence-electron chi connectivity index (χ0n) is 15.1. The number of urea groups is 1. The quantitative estimate of drug-likeness (QED) is 0.736. The number of hydrogen-bond donors (Lipinski definition) is 2. The zero-order chi connectivity index (χ0) is 17.9. The summed E-state index contributed by atoms with van der Waals surface area (Å²) in [5.41, 5.74) is 5.07. The predicted octanol–water partition coefficient (Wildman–Crippen LogP) is -0.230. The summed E-state index contributed by atoms with van der Waals surface area (Å²) in [4.78, 5) is 27.5. The average Bonchev–Trinajstić information content (AvgIpc) is 2.52. The van der Waals surface area contributed by atoms with Crippen LogP contribution in [0.25, 0.3) is 0 Å². The molecule has 0 spiro atoms. The van der Waals surface area contributed by atoms with Crippen LogP contribution in [0.5, 0.6) is 0 Å². The van der Waals surface area contributed by atoms with Gasteiger partial charge in [-0.15, -0.1) is 0 Å². The number of hydrogen-bond acceptors (Lipinski definition) is 5. The largest absolute Gasteiger partial charge is 0.373 e. The lowest BCUT2D eigenvalue weighted by Gasteiger charge is -2.45. The van der Waals surface area contributed by atoms with E-state index < -0.39 is 12.0 Å². The maximum absolute atomic E-state index is 12.4. The summed E-state index contributed by atoms with van der Waals surface area (Å²) in [6.45, 7) is 11.5. The second kappa shape index (κ2) is 7.67. The van der Waals surface area contributed by atoms with Crippen molar-refractivity contribution >= 4 is 11.9 Å². The summed E-state index contributed by atoms with van der Waals surface area (Å²) in [7, 11) is 0. The molecule has 2 aliphatic heterocycles.